The predicted octanol–water partition coefficient (Wildman–Crippen LogP) is 3.68. The minimum absolute atomic E-state index is 0.0399. The molecule has 0 spiro atoms. The summed E-state index contributed by atoms with van der Waals surface area (Å²) < 4.78 is 13.9. The number of halogens is 1. The van der Waals surface area contributed by atoms with Crippen LogP contribution in [0.1, 0.15) is 37.7 Å². The molecule has 0 bridgehead atoms. The van der Waals surface area contributed by atoms with Gasteiger partial charge < -0.3 is 9.80 Å². The molecule has 1 aliphatic carbocycles. The summed E-state index contributed by atoms with van der Waals surface area (Å²) in [4.78, 5) is 32.1. The summed E-state index contributed by atoms with van der Waals surface area (Å²) >= 11 is 0. The summed E-state index contributed by atoms with van der Waals surface area (Å²) in [7, 11) is 0. The van der Waals surface area contributed by atoms with E-state index in [1.54, 1.807) is 12.1 Å². The second-order valence-corrected chi connectivity index (χ2v) is 8.06. The number of amides is 1. The Bertz CT molecular complexity index is 920. The highest BCUT2D eigenvalue weighted by Gasteiger charge is 2.44. The maximum absolute atomic E-state index is 13.9. The van der Waals surface area contributed by atoms with Gasteiger partial charge in [0.05, 0.1) is 10.3 Å². The fraction of sp³-hybridized carbons (Fsp3) is 0.455. The predicted molar refractivity (Wildman–Crippen MR) is 111 cm³/mol. The van der Waals surface area contributed by atoms with Crippen LogP contribution in [0.25, 0.3) is 0 Å². The number of hydrogen-bond donors (Lipinski definition) is 0. The van der Waals surface area contributed by atoms with E-state index in [1.807, 2.05) is 15.9 Å². The molecule has 1 aromatic heterocycles. The molecule has 2 fully saturated rings. The van der Waals surface area contributed by atoms with Crippen LogP contribution in [0, 0.1) is 15.9 Å². The molecule has 1 amide bonds. The SMILES string of the molecule is O=C(N1CCN(c2ccc([N+](=O)[O-])cn2)CC1)C1(c2cccc(F)c2)CCCCC1. The van der Waals surface area contributed by atoms with E-state index in [4.69, 9.17) is 0 Å². The number of aromatic nitrogens is 1. The van der Waals surface area contributed by atoms with Crippen LogP contribution in [0.4, 0.5) is 15.9 Å². The number of nitrogens with zero attached hydrogens (tertiary/aromatic N) is 4. The van der Waals surface area contributed by atoms with Gasteiger partial charge in [0.15, 0.2) is 0 Å². The smallest absolute Gasteiger partial charge is 0.287 e. The van der Waals surface area contributed by atoms with Gasteiger partial charge in [-0.1, -0.05) is 31.4 Å². The van der Waals surface area contributed by atoms with Crippen LogP contribution in [0.3, 0.4) is 0 Å². The number of carbonyl (C=O) groups is 1. The van der Waals surface area contributed by atoms with Crippen molar-refractivity contribution in [2.45, 2.75) is 37.5 Å². The monoisotopic (exact) mass is 412 g/mol. The van der Waals surface area contributed by atoms with Gasteiger partial charge >= 0.3 is 0 Å². The zero-order valence-electron chi connectivity index (χ0n) is 16.8. The van der Waals surface area contributed by atoms with Gasteiger partial charge in [-0.3, -0.25) is 14.9 Å². The van der Waals surface area contributed by atoms with Crippen molar-refractivity contribution in [3.63, 3.8) is 0 Å². The molecular weight excluding hydrogens is 387 g/mol. The summed E-state index contributed by atoms with van der Waals surface area (Å²) in [5, 5.41) is 10.8. The fourth-order valence-corrected chi connectivity index (χ4v) is 4.68. The summed E-state index contributed by atoms with van der Waals surface area (Å²) in [6, 6.07) is 9.59. The largest absolute Gasteiger partial charge is 0.353 e. The lowest BCUT2D eigenvalue weighted by Gasteiger charge is -2.43. The summed E-state index contributed by atoms with van der Waals surface area (Å²) in [5.74, 6) is 0.452. The first kappa shape index (κ1) is 20.3. The van der Waals surface area contributed by atoms with E-state index in [-0.39, 0.29) is 17.4 Å². The summed E-state index contributed by atoms with van der Waals surface area (Å²) in [5.41, 5.74) is 0.0993. The van der Waals surface area contributed by atoms with E-state index in [9.17, 15) is 19.3 Å². The Labute approximate surface area is 174 Å². The molecule has 158 valence electrons. The average molecular weight is 412 g/mol. The third-order valence-corrected chi connectivity index (χ3v) is 6.33. The zero-order chi connectivity index (χ0) is 21.1. The summed E-state index contributed by atoms with van der Waals surface area (Å²) in [6.07, 6.45) is 5.79. The molecule has 30 heavy (non-hydrogen) atoms. The topological polar surface area (TPSA) is 79.6 Å². The van der Waals surface area contributed by atoms with E-state index < -0.39 is 10.3 Å². The van der Waals surface area contributed by atoms with Crippen LogP contribution >= 0.6 is 0 Å². The van der Waals surface area contributed by atoms with E-state index in [2.05, 4.69) is 4.98 Å². The highest BCUT2D eigenvalue weighted by Crippen LogP contribution is 2.41. The molecule has 2 heterocycles. The van der Waals surface area contributed by atoms with Crippen LogP contribution in [-0.4, -0.2) is 46.9 Å². The number of hydrogen-bond acceptors (Lipinski definition) is 5. The van der Waals surface area contributed by atoms with Crippen molar-refractivity contribution >= 4 is 17.4 Å². The lowest BCUT2D eigenvalue weighted by atomic mass is 9.68. The van der Waals surface area contributed by atoms with Gasteiger partial charge in [-0.05, 0) is 36.6 Å². The van der Waals surface area contributed by atoms with E-state index in [1.165, 1.54) is 24.4 Å². The number of carbonyl (C=O) groups excluding carboxylic acids is 1. The molecule has 8 heteroatoms. The Hall–Kier alpha value is -3.03. The molecule has 2 aliphatic rings. The number of anilines is 1. The van der Waals surface area contributed by atoms with Crippen LogP contribution < -0.4 is 4.90 Å². The third kappa shape index (κ3) is 3.86. The second-order valence-electron chi connectivity index (χ2n) is 8.06. The number of nitro groups is 1. The maximum Gasteiger partial charge on any atom is 0.287 e. The van der Waals surface area contributed by atoms with Crippen LogP contribution in [0.15, 0.2) is 42.6 Å². The lowest BCUT2D eigenvalue weighted by molar-refractivity contribution is -0.385. The van der Waals surface area contributed by atoms with Crippen LogP contribution in [0.5, 0.6) is 0 Å². The van der Waals surface area contributed by atoms with Crippen molar-refractivity contribution in [2.75, 3.05) is 31.1 Å². The van der Waals surface area contributed by atoms with Gasteiger partial charge in [0.25, 0.3) is 5.69 Å². The maximum atomic E-state index is 13.9. The van der Waals surface area contributed by atoms with Gasteiger partial charge in [-0.25, -0.2) is 9.37 Å². The highest BCUT2D eigenvalue weighted by molar-refractivity contribution is 5.88. The van der Waals surface area contributed by atoms with Gasteiger partial charge in [-0.2, -0.15) is 0 Å². The van der Waals surface area contributed by atoms with Crippen molar-refractivity contribution in [3.05, 3.63) is 64.1 Å². The first-order valence-electron chi connectivity index (χ1n) is 10.4. The Morgan fingerprint density at radius 3 is 2.40 bits per heavy atom. The van der Waals surface area contributed by atoms with Crippen molar-refractivity contribution in [2.24, 2.45) is 0 Å². The quantitative estimate of drug-likeness (QED) is 0.565. The minimum Gasteiger partial charge on any atom is -0.353 e. The third-order valence-electron chi connectivity index (χ3n) is 6.33. The normalized spacial score (nSPS) is 18.8. The van der Waals surface area contributed by atoms with Gasteiger partial charge in [-0.15, -0.1) is 0 Å². The number of pyridine rings is 1. The number of benzene rings is 1. The molecule has 0 atom stereocenters. The molecular formula is C22H25FN4O3. The molecule has 4 rings (SSSR count). The Morgan fingerprint density at radius 2 is 1.80 bits per heavy atom. The highest BCUT2D eigenvalue weighted by atomic mass is 19.1. The Kier molecular flexibility index (Phi) is 5.65. The molecule has 0 radical (unpaired) electrons. The van der Waals surface area contributed by atoms with Gasteiger partial charge in [0.1, 0.15) is 17.8 Å². The zero-order valence-corrected chi connectivity index (χ0v) is 16.8. The number of piperazine rings is 1. The molecule has 1 aliphatic heterocycles. The van der Waals surface area contributed by atoms with E-state index in [0.29, 0.717) is 32.0 Å². The number of rotatable bonds is 4. The van der Waals surface area contributed by atoms with Crippen LogP contribution in [0.2, 0.25) is 0 Å². The molecule has 7 nitrogen and oxygen atoms in total. The second kappa shape index (κ2) is 8.38. The fourth-order valence-electron chi connectivity index (χ4n) is 4.68. The summed E-state index contributed by atoms with van der Waals surface area (Å²) in [6.45, 7) is 2.31. The first-order chi connectivity index (χ1) is 14.5. The molecule has 1 saturated carbocycles. The standard InChI is InChI=1S/C22H25FN4O3/c23-18-6-4-5-17(15-18)22(9-2-1-3-10-22)21(28)26-13-11-25(12-14-26)20-8-7-19(16-24-20)27(29)30/h4-8,15-16H,1-3,9-14H2. The Morgan fingerprint density at radius 1 is 1.07 bits per heavy atom. The molecule has 2 aromatic rings. The van der Waals surface area contributed by atoms with Crippen molar-refractivity contribution < 1.29 is 14.1 Å². The molecule has 1 saturated heterocycles. The first-order valence-corrected chi connectivity index (χ1v) is 10.4. The molecule has 1 aromatic carbocycles. The van der Waals surface area contributed by atoms with Crippen molar-refractivity contribution in [1.29, 1.82) is 0 Å². The van der Waals surface area contributed by atoms with E-state index in [0.717, 1.165) is 37.7 Å². The molecule has 0 unspecified atom stereocenters. The average Bonchev–Trinajstić information content (AvgIpc) is 2.79. The van der Waals surface area contributed by atoms with Crippen LogP contribution in [-0.2, 0) is 10.2 Å². The van der Waals surface area contributed by atoms with Gasteiger partial charge in [0, 0.05) is 32.2 Å². The Balaban J connectivity index is 1.48. The van der Waals surface area contributed by atoms with E-state index >= 15 is 0 Å². The minimum atomic E-state index is -0.645. The van der Waals surface area contributed by atoms with Gasteiger partial charge in [0.2, 0.25) is 5.91 Å². The van der Waals surface area contributed by atoms with Crippen molar-refractivity contribution in [3.8, 4) is 0 Å². The van der Waals surface area contributed by atoms with Crippen molar-refractivity contribution in [1.82, 2.24) is 9.88 Å². The molecule has 0 N–H and O–H groups in total. The lowest BCUT2D eigenvalue weighted by Crippen LogP contribution is -2.55.